The number of hydrogen-bond acceptors (Lipinski definition) is 4. The molecule has 0 spiro atoms. The maximum atomic E-state index is 12.1. The Hall–Kier alpha value is -3.60. The first kappa shape index (κ1) is 18.7. The molecule has 0 saturated heterocycles. The number of benzene rings is 2. The molecule has 4 rings (SSSR count). The Morgan fingerprint density at radius 3 is 2.86 bits per heavy atom. The van der Waals surface area contributed by atoms with Gasteiger partial charge in [0.15, 0.2) is 5.58 Å². The zero-order valence-corrected chi connectivity index (χ0v) is 16.4. The molecule has 2 aromatic heterocycles. The van der Waals surface area contributed by atoms with Gasteiger partial charge in [-0.1, -0.05) is 26.0 Å². The van der Waals surface area contributed by atoms with Gasteiger partial charge >= 0.3 is 0 Å². The van der Waals surface area contributed by atoms with Crippen molar-refractivity contribution in [2.45, 2.75) is 26.2 Å². The van der Waals surface area contributed by atoms with Crippen LogP contribution in [-0.4, -0.2) is 10.9 Å². The minimum absolute atomic E-state index is 0.241. The molecule has 0 radical (unpaired) electrons. The predicted octanol–water partition coefficient (Wildman–Crippen LogP) is 6.25. The SMILES string of the molecule is CCC(C)c1ccc2oc(-c3cccc(NC(=O)C=Cc4ccco4)c3)nc2c1. The fraction of sp³-hybridized carbons (Fsp3) is 0.167. The number of amides is 1. The van der Waals surface area contributed by atoms with Gasteiger partial charge in [-0.15, -0.1) is 0 Å². The van der Waals surface area contributed by atoms with E-state index in [2.05, 4.69) is 36.3 Å². The molecule has 0 bridgehead atoms. The average Bonchev–Trinajstić information content (AvgIpc) is 3.41. The van der Waals surface area contributed by atoms with E-state index in [1.807, 2.05) is 30.3 Å². The van der Waals surface area contributed by atoms with Gasteiger partial charge in [-0.3, -0.25) is 4.79 Å². The van der Waals surface area contributed by atoms with Crippen molar-refractivity contribution in [3.05, 3.63) is 78.3 Å². The number of fused-ring (bicyclic) bond motifs is 1. The summed E-state index contributed by atoms with van der Waals surface area (Å²) in [6.07, 6.45) is 5.69. The first-order valence-corrected chi connectivity index (χ1v) is 9.66. The van der Waals surface area contributed by atoms with Gasteiger partial charge in [0.25, 0.3) is 0 Å². The second-order valence-corrected chi connectivity index (χ2v) is 6.97. The highest BCUT2D eigenvalue weighted by molar-refractivity contribution is 6.02. The van der Waals surface area contributed by atoms with Gasteiger partial charge < -0.3 is 14.2 Å². The van der Waals surface area contributed by atoms with Crippen molar-refractivity contribution in [3.63, 3.8) is 0 Å². The molecular formula is C24H22N2O3. The number of nitrogens with zero attached hydrogens (tertiary/aromatic N) is 1. The van der Waals surface area contributed by atoms with Crippen molar-refractivity contribution in [2.24, 2.45) is 0 Å². The zero-order valence-electron chi connectivity index (χ0n) is 16.4. The third-order valence-electron chi connectivity index (χ3n) is 4.91. The summed E-state index contributed by atoms with van der Waals surface area (Å²) >= 11 is 0. The summed E-state index contributed by atoms with van der Waals surface area (Å²) in [6.45, 7) is 4.38. The van der Waals surface area contributed by atoms with Crippen LogP contribution in [-0.2, 0) is 4.79 Å². The molecule has 1 atom stereocenters. The molecule has 0 aliphatic rings. The lowest BCUT2D eigenvalue weighted by atomic mass is 9.98. The molecule has 5 heteroatoms. The Kier molecular flexibility index (Phi) is 5.29. The lowest BCUT2D eigenvalue weighted by molar-refractivity contribution is -0.111. The van der Waals surface area contributed by atoms with Gasteiger partial charge in [0.05, 0.1) is 6.26 Å². The van der Waals surface area contributed by atoms with Crippen LogP contribution in [0.1, 0.15) is 37.5 Å². The van der Waals surface area contributed by atoms with Gasteiger partial charge in [0.1, 0.15) is 11.3 Å². The minimum atomic E-state index is -0.241. The highest BCUT2D eigenvalue weighted by Crippen LogP contribution is 2.29. The fourth-order valence-electron chi connectivity index (χ4n) is 3.07. The molecule has 0 fully saturated rings. The number of hydrogen-bond donors (Lipinski definition) is 1. The van der Waals surface area contributed by atoms with Crippen molar-refractivity contribution < 1.29 is 13.6 Å². The second kappa shape index (κ2) is 8.19. The molecule has 0 aliphatic heterocycles. The van der Waals surface area contributed by atoms with E-state index >= 15 is 0 Å². The van der Waals surface area contributed by atoms with Crippen molar-refractivity contribution in [3.8, 4) is 11.5 Å². The Balaban J connectivity index is 1.54. The highest BCUT2D eigenvalue weighted by atomic mass is 16.3. The van der Waals surface area contributed by atoms with E-state index in [4.69, 9.17) is 8.83 Å². The molecule has 4 aromatic rings. The molecule has 2 aromatic carbocycles. The van der Waals surface area contributed by atoms with E-state index in [1.165, 1.54) is 11.6 Å². The average molecular weight is 386 g/mol. The molecular weight excluding hydrogens is 364 g/mol. The van der Waals surface area contributed by atoms with E-state index in [0.717, 1.165) is 23.1 Å². The number of nitrogens with one attached hydrogen (secondary N) is 1. The van der Waals surface area contributed by atoms with Crippen LogP contribution in [0.4, 0.5) is 5.69 Å². The summed E-state index contributed by atoms with van der Waals surface area (Å²) in [4.78, 5) is 16.8. The van der Waals surface area contributed by atoms with Crippen LogP contribution < -0.4 is 5.32 Å². The largest absolute Gasteiger partial charge is 0.465 e. The van der Waals surface area contributed by atoms with Crippen LogP contribution in [0.15, 0.2) is 75.8 Å². The third-order valence-corrected chi connectivity index (χ3v) is 4.91. The summed E-state index contributed by atoms with van der Waals surface area (Å²) in [5.41, 5.74) is 4.32. The molecule has 1 amide bonds. The number of anilines is 1. The summed E-state index contributed by atoms with van der Waals surface area (Å²) < 4.78 is 11.1. The van der Waals surface area contributed by atoms with Crippen molar-refractivity contribution in [2.75, 3.05) is 5.32 Å². The van der Waals surface area contributed by atoms with Crippen LogP contribution in [0.3, 0.4) is 0 Å². The predicted molar refractivity (Wildman–Crippen MR) is 115 cm³/mol. The zero-order chi connectivity index (χ0) is 20.2. The van der Waals surface area contributed by atoms with Crippen molar-refractivity contribution in [1.82, 2.24) is 4.98 Å². The van der Waals surface area contributed by atoms with Crippen LogP contribution in [0.2, 0.25) is 0 Å². The number of carbonyl (C=O) groups is 1. The van der Waals surface area contributed by atoms with E-state index in [-0.39, 0.29) is 5.91 Å². The molecule has 146 valence electrons. The van der Waals surface area contributed by atoms with Crippen LogP contribution in [0.25, 0.3) is 28.6 Å². The molecule has 0 aliphatic carbocycles. The molecule has 5 nitrogen and oxygen atoms in total. The summed E-state index contributed by atoms with van der Waals surface area (Å²) in [5.74, 6) is 1.39. The van der Waals surface area contributed by atoms with Crippen LogP contribution in [0, 0.1) is 0 Å². The third kappa shape index (κ3) is 4.29. The van der Waals surface area contributed by atoms with Gasteiger partial charge in [0, 0.05) is 17.3 Å². The quantitative estimate of drug-likeness (QED) is 0.398. The Labute approximate surface area is 169 Å². The topological polar surface area (TPSA) is 68.3 Å². The summed E-state index contributed by atoms with van der Waals surface area (Å²) in [6, 6.07) is 17.1. The molecule has 1 unspecified atom stereocenters. The number of aromatic nitrogens is 1. The van der Waals surface area contributed by atoms with E-state index in [1.54, 1.807) is 24.5 Å². The van der Waals surface area contributed by atoms with Gasteiger partial charge in [-0.05, 0) is 66.4 Å². The Morgan fingerprint density at radius 1 is 1.17 bits per heavy atom. The lowest BCUT2D eigenvalue weighted by Gasteiger charge is -2.07. The number of furan rings is 1. The first-order chi connectivity index (χ1) is 14.1. The van der Waals surface area contributed by atoms with Gasteiger partial charge in [-0.25, -0.2) is 4.98 Å². The number of oxazole rings is 1. The van der Waals surface area contributed by atoms with Crippen molar-refractivity contribution in [1.29, 1.82) is 0 Å². The Bertz CT molecular complexity index is 1160. The molecule has 1 N–H and O–H groups in total. The molecule has 29 heavy (non-hydrogen) atoms. The Morgan fingerprint density at radius 2 is 2.07 bits per heavy atom. The highest BCUT2D eigenvalue weighted by Gasteiger charge is 2.11. The van der Waals surface area contributed by atoms with E-state index in [9.17, 15) is 4.79 Å². The maximum absolute atomic E-state index is 12.1. The minimum Gasteiger partial charge on any atom is -0.465 e. The van der Waals surface area contributed by atoms with Crippen LogP contribution >= 0.6 is 0 Å². The first-order valence-electron chi connectivity index (χ1n) is 9.66. The summed E-state index contributed by atoms with van der Waals surface area (Å²) in [7, 11) is 0. The lowest BCUT2D eigenvalue weighted by Crippen LogP contribution is -2.07. The monoisotopic (exact) mass is 386 g/mol. The summed E-state index contributed by atoms with van der Waals surface area (Å²) in [5, 5.41) is 2.84. The van der Waals surface area contributed by atoms with Crippen LogP contribution in [0.5, 0.6) is 0 Å². The maximum Gasteiger partial charge on any atom is 0.248 e. The van der Waals surface area contributed by atoms with Gasteiger partial charge in [-0.2, -0.15) is 0 Å². The fourth-order valence-corrected chi connectivity index (χ4v) is 3.07. The van der Waals surface area contributed by atoms with Gasteiger partial charge in [0.2, 0.25) is 11.8 Å². The number of rotatable bonds is 6. The van der Waals surface area contributed by atoms with Crippen molar-refractivity contribution >= 4 is 28.8 Å². The normalized spacial score (nSPS) is 12.5. The second-order valence-electron chi connectivity index (χ2n) is 6.97. The molecule has 0 saturated carbocycles. The smallest absolute Gasteiger partial charge is 0.248 e. The standard InChI is InChI=1S/C24H22N2O3/c1-3-16(2)17-9-11-22-21(15-17)26-24(29-22)18-6-4-7-19(14-18)25-23(27)12-10-20-8-5-13-28-20/h4-16H,3H2,1-2H3,(H,25,27). The van der Waals surface area contributed by atoms with E-state index < -0.39 is 0 Å². The molecule has 2 heterocycles. The number of carbonyl (C=O) groups excluding carboxylic acids is 1. The van der Waals surface area contributed by atoms with E-state index in [0.29, 0.717) is 23.3 Å².